The van der Waals surface area contributed by atoms with Gasteiger partial charge in [0.1, 0.15) is 5.76 Å². The first kappa shape index (κ1) is 12.4. The van der Waals surface area contributed by atoms with Crippen LogP contribution in [0.3, 0.4) is 0 Å². The van der Waals surface area contributed by atoms with Crippen molar-refractivity contribution in [1.29, 1.82) is 0 Å². The Hall–Kier alpha value is -2.07. The zero-order valence-electron chi connectivity index (χ0n) is 10.3. The highest BCUT2D eigenvalue weighted by Crippen LogP contribution is 2.13. The fourth-order valence-electron chi connectivity index (χ4n) is 1.69. The lowest BCUT2D eigenvalue weighted by molar-refractivity contribution is 0.0995. The topological polar surface area (TPSA) is 68.3 Å². The van der Waals surface area contributed by atoms with E-state index in [9.17, 15) is 4.79 Å². The fourth-order valence-corrected chi connectivity index (χ4v) is 1.69. The fraction of sp³-hybridized carbons (Fsp3) is 0.214. The maximum absolute atomic E-state index is 11.9. The summed E-state index contributed by atoms with van der Waals surface area (Å²) in [7, 11) is 0. The van der Waals surface area contributed by atoms with Crippen molar-refractivity contribution in [1.82, 2.24) is 0 Å². The number of furan rings is 1. The molecule has 4 nitrogen and oxygen atoms in total. The highest BCUT2D eigenvalue weighted by Gasteiger charge is 2.11. The molecule has 0 unspecified atom stereocenters. The monoisotopic (exact) mass is 244 g/mol. The standard InChI is InChI=1S/C14H16N2O2/c1-10-3-2-4-11(9-10)16-14(17)13-6-5-12(18-13)7-8-15/h2-6,9H,7-8,15H2,1H3,(H,16,17). The van der Waals surface area contributed by atoms with Gasteiger partial charge in [-0.3, -0.25) is 4.79 Å². The number of rotatable bonds is 4. The number of benzene rings is 1. The van der Waals surface area contributed by atoms with E-state index in [1.807, 2.05) is 31.2 Å². The summed E-state index contributed by atoms with van der Waals surface area (Å²) < 4.78 is 5.40. The lowest BCUT2D eigenvalue weighted by atomic mass is 10.2. The second-order valence-electron chi connectivity index (χ2n) is 4.13. The minimum Gasteiger partial charge on any atom is -0.456 e. The molecular formula is C14H16N2O2. The molecule has 1 aromatic carbocycles. The first-order valence-electron chi connectivity index (χ1n) is 5.86. The summed E-state index contributed by atoms with van der Waals surface area (Å²) in [6.45, 7) is 2.48. The molecule has 0 radical (unpaired) electrons. The maximum atomic E-state index is 11.9. The molecule has 0 aliphatic rings. The molecule has 1 aromatic heterocycles. The summed E-state index contributed by atoms with van der Waals surface area (Å²) in [6.07, 6.45) is 0.637. The van der Waals surface area contributed by atoms with Crippen molar-refractivity contribution in [2.75, 3.05) is 11.9 Å². The highest BCUT2D eigenvalue weighted by atomic mass is 16.3. The van der Waals surface area contributed by atoms with Gasteiger partial charge in [-0.1, -0.05) is 12.1 Å². The van der Waals surface area contributed by atoms with E-state index in [0.717, 1.165) is 17.0 Å². The number of carbonyl (C=O) groups excluding carboxylic acids is 1. The van der Waals surface area contributed by atoms with E-state index in [1.165, 1.54) is 0 Å². The maximum Gasteiger partial charge on any atom is 0.291 e. The SMILES string of the molecule is Cc1cccc(NC(=O)c2ccc(CCN)o2)c1. The number of hydrogen-bond acceptors (Lipinski definition) is 3. The van der Waals surface area contributed by atoms with Crippen LogP contribution >= 0.6 is 0 Å². The highest BCUT2D eigenvalue weighted by molar-refractivity contribution is 6.02. The van der Waals surface area contributed by atoms with Gasteiger partial charge < -0.3 is 15.5 Å². The predicted molar refractivity (Wildman–Crippen MR) is 70.6 cm³/mol. The summed E-state index contributed by atoms with van der Waals surface area (Å²) in [6, 6.07) is 11.1. The number of hydrogen-bond donors (Lipinski definition) is 2. The number of anilines is 1. The Morgan fingerprint density at radius 3 is 2.89 bits per heavy atom. The van der Waals surface area contributed by atoms with Crippen LogP contribution in [0.4, 0.5) is 5.69 Å². The van der Waals surface area contributed by atoms with Crippen LogP contribution in [0.2, 0.25) is 0 Å². The largest absolute Gasteiger partial charge is 0.456 e. The van der Waals surface area contributed by atoms with E-state index in [1.54, 1.807) is 12.1 Å². The third-order valence-corrected chi connectivity index (χ3v) is 2.55. The van der Waals surface area contributed by atoms with Gasteiger partial charge in [-0.15, -0.1) is 0 Å². The molecule has 0 fully saturated rings. The molecular weight excluding hydrogens is 228 g/mol. The van der Waals surface area contributed by atoms with Gasteiger partial charge in [0.15, 0.2) is 5.76 Å². The minimum atomic E-state index is -0.246. The van der Waals surface area contributed by atoms with Gasteiger partial charge in [0.25, 0.3) is 5.91 Å². The Morgan fingerprint density at radius 2 is 2.17 bits per heavy atom. The van der Waals surface area contributed by atoms with Gasteiger partial charge >= 0.3 is 0 Å². The van der Waals surface area contributed by atoms with Gasteiger partial charge in [-0.05, 0) is 43.3 Å². The van der Waals surface area contributed by atoms with Crippen molar-refractivity contribution >= 4 is 11.6 Å². The molecule has 0 saturated heterocycles. The number of nitrogens with one attached hydrogen (secondary N) is 1. The molecule has 2 rings (SSSR count). The zero-order valence-corrected chi connectivity index (χ0v) is 10.3. The van der Waals surface area contributed by atoms with Crippen LogP contribution in [0.5, 0.6) is 0 Å². The van der Waals surface area contributed by atoms with Crippen LogP contribution in [0.15, 0.2) is 40.8 Å². The lowest BCUT2D eigenvalue weighted by Crippen LogP contribution is -2.11. The molecule has 0 bridgehead atoms. The zero-order chi connectivity index (χ0) is 13.0. The summed E-state index contributed by atoms with van der Waals surface area (Å²) in [5.41, 5.74) is 7.28. The molecule has 3 N–H and O–H groups in total. The third-order valence-electron chi connectivity index (χ3n) is 2.55. The number of aryl methyl sites for hydroxylation is 1. The summed E-state index contributed by atoms with van der Waals surface area (Å²) in [5, 5.41) is 2.79. The summed E-state index contributed by atoms with van der Waals surface area (Å²) >= 11 is 0. The first-order valence-corrected chi connectivity index (χ1v) is 5.86. The van der Waals surface area contributed by atoms with E-state index in [-0.39, 0.29) is 5.91 Å². The molecule has 2 aromatic rings. The number of amides is 1. The molecule has 4 heteroatoms. The molecule has 0 spiro atoms. The minimum absolute atomic E-state index is 0.246. The van der Waals surface area contributed by atoms with E-state index in [0.29, 0.717) is 18.7 Å². The summed E-state index contributed by atoms with van der Waals surface area (Å²) in [5.74, 6) is 0.788. The second-order valence-corrected chi connectivity index (χ2v) is 4.13. The molecule has 1 amide bonds. The van der Waals surface area contributed by atoms with Gasteiger partial charge in [0.05, 0.1) is 0 Å². The number of carbonyl (C=O) groups is 1. The molecule has 18 heavy (non-hydrogen) atoms. The normalized spacial score (nSPS) is 10.3. The van der Waals surface area contributed by atoms with Gasteiger partial charge in [0.2, 0.25) is 0 Å². The number of nitrogens with two attached hydrogens (primary N) is 1. The van der Waals surface area contributed by atoms with Gasteiger partial charge in [-0.2, -0.15) is 0 Å². The van der Waals surface area contributed by atoms with Crippen molar-refractivity contribution in [3.05, 3.63) is 53.5 Å². The summed E-state index contributed by atoms with van der Waals surface area (Å²) in [4.78, 5) is 11.9. The molecule has 94 valence electrons. The van der Waals surface area contributed by atoms with Gasteiger partial charge in [-0.25, -0.2) is 0 Å². The van der Waals surface area contributed by atoms with Crippen molar-refractivity contribution in [3.8, 4) is 0 Å². The Morgan fingerprint density at radius 1 is 1.33 bits per heavy atom. The lowest BCUT2D eigenvalue weighted by Gasteiger charge is -2.03. The van der Waals surface area contributed by atoms with Crippen LogP contribution in [0.1, 0.15) is 21.9 Å². The molecule has 0 atom stereocenters. The van der Waals surface area contributed by atoms with Crippen molar-refractivity contribution in [2.24, 2.45) is 5.73 Å². The van der Waals surface area contributed by atoms with E-state index in [2.05, 4.69) is 5.32 Å². The molecule has 0 aliphatic carbocycles. The van der Waals surface area contributed by atoms with Crippen LogP contribution in [0, 0.1) is 6.92 Å². The van der Waals surface area contributed by atoms with Gasteiger partial charge in [0, 0.05) is 12.1 Å². The molecule has 0 saturated carbocycles. The van der Waals surface area contributed by atoms with E-state index < -0.39 is 0 Å². The second kappa shape index (κ2) is 5.51. The van der Waals surface area contributed by atoms with E-state index in [4.69, 9.17) is 10.2 Å². The van der Waals surface area contributed by atoms with Crippen molar-refractivity contribution in [2.45, 2.75) is 13.3 Å². The van der Waals surface area contributed by atoms with Crippen molar-refractivity contribution < 1.29 is 9.21 Å². The Bertz CT molecular complexity index is 546. The van der Waals surface area contributed by atoms with Crippen LogP contribution in [0.25, 0.3) is 0 Å². The average Bonchev–Trinajstić information content (AvgIpc) is 2.78. The first-order chi connectivity index (χ1) is 8.69. The Kier molecular flexibility index (Phi) is 3.79. The third kappa shape index (κ3) is 2.99. The van der Waals surface area contributed by atoms with Crippen LogP contribution < -0.4 is 11.1 Å². The van der Waals surface area contributed by atoms with Crippen LogP contribution in [-0.2, 0) is 6.42 Å². The molecule has 1 heterocycles. The van der Waals surface area contributed by atoms with Crippen molar-refractivity contribution in [3.63, 3.8) is 0 Å². The smallest absolute Gasteiger partial charge is 0.291 e. The van der Waals surface area contributed by atoms with E-state index >= 15 is 0 Å². The predicted octanol–water partition coefficient (Wildman–Crippen LogP) is 2.34. The Labute approximate surface area is 106 Å². The molecule has 0 aliphatic heterocycles. The van der Waals surface area contributed by atoms with Crippen LogP contribution in [-0.4, -0.2) is 12.5 Å². The average molecular weight is 244 g/mol. The quantitative estimate of drug-likeness (QED) is 0.867. The Balaban J connectivity index is 2.07.